The second-order valence-corrected chi connectivity index (χ2v) is 7.45. The molecule has 6 nitrogen and oxygen atoms in total. The van der Waals surface area contributed by atoms with Crippen molar-refractivity contribution in [3.8, 4) is 11.5 Å². The van der Waals surface area contributed by atoms with Crippen LogP contribution in [0.25, 0.3) is 11.0 Å². The molecule has 0 aliphatic carbocycles. The van der Waals surface area contributed by atoms with Gasteiger partial charge in [-0.1, -0.05) is 30.3 Å². The maximum absolute atomic E-state index is 12.4. The third-order valence-electron chi connectivity index (χ3n) is 5.47. The highest BCUT2D eigenvalue weighted by molar-refractivity contribution is 5.81. The molecule has 6 heteroatoms. The number of hydrogen-bond donors (Lipinski definition) is 0. The van der Waals surface area contributed by atoms with Crippen molar-refractivity contribution in [2.75, 3.05) is 26.8 Å². The summed E-state index contributed by atoms with van der Waals surface area (Å²) in [5, 5.41) is 0. The summed E-state index contributed by atoms with van der Waals surface area (Å²) in [4.78, 5) is 19.1. The van der Waals surface area contributed by atoms with Crippen molar-refractivity contribution in [2.24, 2.45) is 0 Å². The lowest BCUT2D eigenvalue weighted by molar-refractivity contribution is -0.127. The summed E-state index contributed by atoms with van der Waals surface area (Å²) >= 11 is 0. The number of amides is 1. The van der Waals surface area contributed by atoms with E-state index in [0.717, 1.165) is 41.3 Å². The molecule has 2 heterocycles. The maximum Gasteiger partial charge on any atom is 0.223 e. The molecule has 156 valence electrons. The summed E-state index contributed by atoms with van der Waals surface area (Å²) in [6.45, 7) is 6.37. The van der Waals surface area contributed by atoms with Gasteiger partial charge in [0.15, 0.2) is 11.5 Å². The Morgan fingerprint density at radius 2 is 1.93 bits per heavy atom. The number of aryl methyl sites for hydroxylation is 1. The fourth-order valence-electron chi connectivity index (χ4n) is 4.06. The Labute approximate surface area is 176 Å². The van der Waals surface area contributed by atoms with Crippen LogP contribution in [-0.2, 0) is 11.3 Å². The zero-order valence-corrected chi connectivity index (χ0v) is 17.3. The van der Waals surface area contributed by atoms with Crippen LogP contribution in [0.2, 0.25) is 0 Å². The highest BCUT2D eigenvalue weighted by Gasteiger charge is 2.33. The molecular formula is C24H27N3O3. The molecule has 1 aromatic heterocycles. The normalized spacial score (nSPS) is 16.2. The number of rotatable bonds is 9. The van der Waals surface area contributed by atoms with Gasteiger partial charge in [0, 0.05) is 32.0 Å². The molecule has 1 amide bonds. The number of carbonyl (C=O) groups is 1. The first-order valence-electron chi connectivity index (χ1n) is 10.3. The van der Waals surface area contributed by atoms with Crippen molar-refractivity contribution >= 4 is 16.9 Å². The third kappa shape index (κ3) is 4.03. The molecule has 3 aromatic rings. The van der Waals surface area contributed by atoms with E-state index in [2.05, 4.69) is 17.2 Å². The van der Waals surface area contributed by atoms with Gasteiger partial charge in [-0.25, -0.2) is 4.98 Å². The van der Waals surface area contributed by atoms with Gasteiger partial charge in [0.1, 0.15) is 5.82 Å². The Bertz CT molecular complexity index is 1040. The largest absolute Gasteiger partial charge is 0.493 e. The van der Waals surface area contributed by atoms with E-state index >= 15 is 0 Å². The van der Waals surface area contributed by atoms with E-state index in [0.29, 0.717) is 26.1 Å². The van der Waals surface area contributed by atoms with E-state index in [1.807, 2.05) is 47.4 Å². The first-order chi connectivity index (χ1) is 14.7. The first-order valence-corrected chi connectivity index (χ1v) is 10.3. The lowest BCUT2D eigenvalue weighted by atomic mass is 10.1. The number of para-hydroxylation sites is 4. The second-order valence-electron chi connectivity index (χ2n) is 7.45. The molecule has 0 unspecified atom stereocenters. The number of methoxy groups -OCH3 is 1. The number of benzene rings is 2. The molecular weight excluding hydrogens is 378 g/mol. The third-order valence-corrected chi connectivity index (χ3v) is 5.47. The lowest BCUT2D eigenvalue weighted by Gasteiger charge is -2.16. The topological polar surface area (TPSA) is 56.6 Å². The summed E-state index contributed by atoms with van der Waals surface area (Å²) in [7, 11) is 1.64. The average Bonchev–Trinajstić information content (AvgIpc) is 3.32. The van der Waals surface area contributed by atoms with E-state index in [4.69, 9.17) is 14.5 Å². The summed E-state index contributed by atoms with van der Waals surface area (Å²) in [5.74, 6) is 2.72. The molecule has 2 aromatic carbocycles. The van der Waals surface area contributed by atoms with E-state index in [-0.39, 0.29) is 11.8 Å². The summed E-state index contributed by atoms with van der Waals surface area (Å²) in [5.41, 5.74) is 2.06. The van der Waals surface area contributed by atoms with Crippen molar-refractivity contribution < 1.29 is 14.3 Å². The Morgan fingerprint density at radius 3 is 2.73 bits per heavy atom. The quantitative estimate of drug-likeness (QED) is 0.399. The molecule has 0 N–H and O–H groups in total. The Balaban J connectivity index is 1.50. The molecule has 1 fully saturated rings. The summed E-state index contributed by atoms with van der Waals surface area (Å²) < 4.78 is 13.5. The standard InChI is InChI=1S/C24H27N3O3/c1-3-13-26-17-18(16-23(26)28)24-25-19-9-4-5-10-20(19)27(24)14-8-15-30-22-12-7-6-11-21(22)29-2/h3-7,9-12,18H,1,8,13-17H2,2H3/t18-/m0/s1. The van der Waals surface area contributed by atoms with Crippen molar-refractivity contribution in [1.82, 2.24) is 14.5 Å². The van der Waals surface area contributed by atoms with Crippen LogP contribution >= 0.6 is 0 Å². The number of aromatic nitrogens is 2. The van der Waals surface area contributed by atoms with Gasteiger partial charge in [-0.2, -0.15) is 0 Å². The number of hydrogen-bond acceptors (Lipinski definition) is 4. The van der Waals surface area contributed by atoms with Crippen molar-refractivity contribution in [3.63, 3.8) is 0 Å². The number of carbonyl (C=O) groups excluding carboxylic acids is 1. The number of nitrogens with zero attached hydrogens (tertiary/aromatic N) is 3. The molecule has 0 bridgehead atoms. The van der Waals surface area contributed by atoms with E-state index in [1.165, 1.54) is 0 Å². The van der Waals surface area contributed by atoms with Gasteiger partial charge >= 0.3 is 0 Å². The number of ether oxygens (including phenoxy) is 2. The highest BCUT2D eigenvalue weighted by atomic mass is 16.5. The Morgan fingerprint density at radius 1 is 1.17 bits per heavy atom. The molecule has 0 radical (unpaired) electrons. The van der Waals surface area contributed by atoms with Crippen LogP contribution in [0.3, 0.4) is 0 Å². The van der Waals surface area contributed by atoms with Crippen LogP contribution in [0.5, 0.6) is 11.5 Å². The summed E-state index contributed by atoms with van der Waals surface area (Å²) in [6, 6.07) is 15.8. The highest BCUT2D eigenvalue weighted by Crippen LogP contribution is 2.31. The summed E-state index contributed by atoms with van der Waals surface area (Å²) in [6.07, 6.45) is 3.09. The molecule has 30 heavy (non-hydrogen) atoms. The second kappa shape index (κ2) is 9.03. The van der Waals surface area contributed by atoms with Gasteiger partial charge < -0.3 is 18.9 Å². The molecule has 1 aliphatic rings. The zero-order valence-electron chi connectivity index (χ0n) is 17.3. The van der Waals surface area contributed by atoms with E-state index in [1.54, 1.807) is 13.2 Å². The SMILES string of the molecule is C=CCN1C[C@@H](c2nc3ccccc3n2CCCOc2ccccc2OC)CC1=O. The predicted octanol–water partition coefficient (Wildman–Crippen LogP) is 4.02. The van der Waals surface area contributed by atoms with Crippen LogP contribution in [0.15, 0.2) is 61.2 Å². The minimum Gasteiger partial charge on any atom is -0.493 e. The Kier molecular flexibility index (Phi) is 6.02. The predicted molar refractivity (Wildman–Crippen MR) is 117 cm³/mol. The fourth-order valence-corrected chi connectivity index (χ4v) is 4.06. The van der Waals surface area contributed by atoms with Crippen LogP contribution in [0.1, 0.15) is 24.6 Å². The van der Waals surface area contributed by atoms with Crippen molar-refractivity contribution in [1.29, 1.82) is 0 Å². The van der Waals surface area contributed by atoms with Crippen LogP contribution in [0, 0.1) is 0 Å². The lowest BCUT2D eigenvalue weighted by Crippen LogP contribution is -2.25. The van der Waals surface area contributed by atoms with Gasteiger partial charge in [0.25, 0.3) is 0 Å². The fraction of sp³-hybridized carbons (Fsp3) is 0.333. The number of likely N-dealkylation sites (tertiary alicyclic amines) is 1. The van der Waals surface area contributed by atoms with Crippen LogP contribution < -0.4 is 9.47 Å². The van der Waals surface area contributed by atoms with Crippen LogP contribution in [-0.4, -0.2) is 47.2 Å². The van der Waals surface area contributed by atoms with Crippen molar-refractivity contribution in [3.05, 3.63) is 67.0 Å². The molecule has 1 saturated heterocycles. The minimum absolute atomic E-state index is 0.0972. The molecule has 4 rings (SSSR count). The van der Waals surface area contributed by atoms with Gasteiger partial charge in [-0.05, 0) is 30.7 Å². The monoisotopic (exact) mass is 405 g/mol. The molecule has 1 atom stereocenters. The van der Waals surface area contributed by atoms with Gasteiger partial charge in [0.2, 0.25) is 5.91 Å². The molecule has 0 spiro atoms. The molecule has 0 saturated carbocycles. The number of imidazole rings is 1. The molecule has 1 aliphatic heterocycles. The van der Waals surface area contributed by atoms with E-state index in [9.17, 15) is 4.79 Å². The average molecular weight is 405 g/mol. The number of fused-ring (bicyclic) bond motifs is 1. The van der Waals surface area contributed by atoms with E-state index < -0.39 is 0 Å². The van der Waals surface area contributed by atoms with Gasteiger partial charge in [0.05, 0.1) is 24.8 Å². The van der Waals surface area contributed by atoms with Gasteiger partial charge in [-0.3, -0.25) is 4.79 Å². The smallest absolute Gasteiger partial charge is 0.223 e. The first kappa shape index (κ1) is 20.0. The van der Waals surface area contributed by atoms with Gasteiger partial charge in [-0.15, -0.1) is 6.58 Å². The zero-order chi connectivity index (χ0) is 20.9. The van der Waals surface area contributed by atoms with Crippen molar-refractivity contribution in [2.45, 2.75) is 25.3 Å². The maximum atomic E-state index is 12.4. The van der Waals surface area contributed by atoms with Crippen LogP contribution in [0.4, 0.5) is 0 Å². The Hall–Kier alpha value is -3.28. The minimum atomic E-state index is 0.0972.